The Kier molecular flexibility index (Phi) is 3.88. The number of nitrogens with two attached hydrogens (primary N) is 1. The highest BCUT2D eigenvalue weighted by Crippen LogP contribution is 2.41. The van der Waals surface area contributed by atoms with Gasteiger partial charge in [0.1, 0.15) is 11.6 Å². The first kappa shape index (κ1) is 14.7. The molecule has 2 aliphatic rings. The van der Waals surface area contributed by atoms with E-state index in [1.165, 1.54) is 0 Å². The van der Waals surface area contributed by atoms with Crippen molar-refractivity contribution in [2.24, 2.45) is 17.6 Å². The summed E-state index contributed by atoms with van der Waals surface area (Å²) in [6.45, 7) is 1.05. The van der Waals surface area contributed by atoms with Crippen molar-refractivity contribution in [2.45, 2.75) is 25.3 Å². The fraction of sp³-hybridized carbons (Fsp3) is 0.533. The fourth-order valence-electron chi connectivity index (χ4n) is 3.08. The molecule has 0 unspecified atom stereocenters. The van der Waals surface area contributed by atoms with Gasteiger partial charge in [-0.25, -0.2) is 8.78 Å². The second-order valence-corrected chi connectivity index (χ2v) is 6.37. The van der Waals surface area contributed by atoms with Crippen LogP contribution in [-0.4, -0.2) is 29.9 Å². The van der Waals surface area contributed by atoms with Crippen molar-refractivity contribution in [1.29, 1.82) is 0 Å². The topological polar surface area (TPSA) is 46.3 Å². The van der Waals surface area contributed by atoms with Gasteiger partial charge in [0.25, 0.3) is 0 Å². The Hall–Kier alpha value is -1.20. The minimum Gasteiger partial charge on any atom is -0.340 e. The quantitative estimate of drug-likeness (QED) is 0.871. The summed E-state index contributed by atoms with van der Waals surface area (Å²) in [4.78, 5) is 13.9. The number of hydrogen-bond acceptors (Lipinski definition) is 2. The van der Waals surface area contributed by atoms with Crippen LogP contribution in [0.2, 0.25) is 5.02 Å². The number of rotatable bonds is 3. The van der Waals surface area contributed by atoms with Gasteiger partial charge in [0.05, 0.1) is 11.4 Å². The minimum atomic E-state index is -0.854. The second kappa shape index (κ2) is 5.54. The van der Waals surface area contributed by atoms with Crippen molar-refractivity contribution < 1.29 is 13.6 Å². The highest BCUT2D eigenvalue weighted by Gasteiger charge is 2.42. The van der Waals surface area contributed by atoms with Crippen molar-refractivity contribution in [3.63, 3.8) is 0 Å². The maximum absolute atomic E-state index is 13.8. The average Bonchev–Trinajstić information content (AvgIpc) is 3.22. The molecule has 21 heavy (non-hydrogen) atoms. The van der Waals surface area contributed by atoms with Crippen molar-refractivity contribution in [2.75, 3.05) is 13.1 Å². The molecule has 1 aromatic carbocycles. The second-order valence-electron chi connectivity index (χ2n) is 5.96. The molecule has 2 fully saturated rings. The Balaban J connectivity index is 1.71. The van der Waals surface area contributed by atoms with Crippen LogP contribution >= 0.6 is 11.6 Å². The highest BCUT2D eigenvalue weighted by molar-refractivity contribution is 6.30. The van der Waals surface area contributed by atoms with Crippen LogP contribution in [-0.2, 0) is 11.2 Å². The minimum absolute atomic E-state index is 0.0319. The standard InChI is InChI=1S/C15H17ClF2N2O/c16-11-3-4-12(17)9(15(11)18)5-14(21)20-6-10(8-1-2-8)13(19)7-20/h3-4,8,10,13H,1-2,5-7,19H2/t10-,13+/m1/s1. The Morgan fingerprint density at radius 1 is 1.33 bits per heavy atom. The molecule has 1 aromatic rings. The van der Waals surface area contributed by atoms with E-state index >= 15 is 0 Å². The van der Waals surface area contributed by atoms with E-state index in [9.17, 15) is 13.6 Å². The first-order valence-electron chi connectivity index (χ1n) is 7.13. The zero-order valence-electron chi connectivity index (χ0n) is 11.5. The van der Waals surface area contributed by atoms with Gasteiger partial charge in [0.15, 0.2) is 0 Å². The van der Waals surface area contributed by atoms with Crippen molar-refractivity contribution in [1.82, 2.24) is 4.90 Å². The number of likely N-dealkylation sites (tertiary alicyclic amines) is 1. The zero-order chi connectivity index (χ0) is 15.1. The normalized spacial score (nSPS) is 25.4. The van der Waals surface area contributed by atoms with Crippen LogP contribution in [0, 0.1) is 23.5 Å². The van der Waals surface area contributed by atoms with Crippen LogP contribution in [0.1, 0.15) is 18.4 Å². The van der Waals surface area contributed by atoms with Gasteiger partial charge >= 0.3 is 0 Å². The molecule has 1 amide bonds. The maximum atomic E-state index is 13.8. The molecule has 0 spiro atoms. The molecule has 3 rings (SSSR count). The number of benzene rings is 1. The SMILES string of the molecule is N[C@H]1CN(C(=O)Cc2c(F)ccc(Cl)c2F)C[C@@H]1C1CC1. The first-order chi connectivity index (χ1) is 9.97. The van der Waals surface area contributed by atoms with Gasteiger partial charge in [-0.15, -0.1) is 0 Å². The molecule has 2 atom stereocenters. The first-order valence-corrected chi connectivity index (χ1v) is 7.51. The van der Waals surface area contributed by atoms with E-state index in [-0.39, 0.29) is 29.0 Å². The summed E-state index contributed by atoms with van der Waals surface area (Å²) in [5.41, 5.74) is 5.79. The monoisotopic (exact) mass is 314 g/mol. The smallest absolute Gasteiger partial charge is 0.227 e. The Labute approximate surface area is 127 Å². The molecule has 1 heterocycles. The van der Waals surface area contributed by atoms with E-state index < -0.39 is 11.6 Å². The molecular weight excluding hydrogens is 298 g/mol. The maximum Gasteiger partial charge on any atom is 0.227 e. The Morgan fingerprint density at radius 2 is 2.05 bits per heavy atom. The number of amides is 1. The Morgan fingerprint density at radius 3 is 2.71 bits per heavy atom. The number of nitrogens with zero attached hydrogens (tertiary/aromatic N) is 1. The van der Waals surface area contributed by atoms with Crippen LogP contribution < -0.4 is 5.73 Å². The lowest BCUT2D eigenvalue weighted by Crippen LogP contribution is -2.33. The van der Waals surface area contributed by atoms with E-state index in [4.69, 9.17) is 17.3 Å². The van der Waals surface area contributed by atoms with Crippen LogP contribution in [0.4, 0.5) is 8.78 Å². The predicted octanol–water partition coefficient (Wildman–Crippen LogP) is 2.36. The molecule has 1 saturated heterocycles. The summed E-state index contributed by atoms with van der Waals surface area (Å²) >= 11 is 5.64. The van der Waals surface area contributed by atoms with Crippen LogP contribution in [0.5, 0.6) is 0 Å². The molecule has 1 saturated carbocycles. The number of carbonyl (C=O) groups is 1. The molecule has 2 N–H and O–H groups in total. The summed E-state index contributed by atoms with van der Waals surface area (Å²) in [5.74, 6) is -0.964. The number of hydrogen-bond donors (Lipinski definition) is 1. The van der Waals surface area contributed by atoms with Crippen LogP contribution in [0.15, 0.2) is 12.1 Å². The van der Waals surface area contributed by atoms with Crippen molar-refractivity contribution in [3.8, 4) is 0 Å². The highest BCUT2D eigenvalue weighted by atomic mass is 35.5. The van der Waals surface area contributed by atoms with Crippen molar-refractivity contribution >= 4 is 17.5 Å². The summed E-state index contributed by atoms with van der Waals surface area (Å²) in [5, 5.41) is -0.173. The largest absolute Gasteiger partial charge is 0.340 e. The van der Waals surface area contributed by atoms with Crippen LogP contribution in [0.25, 0.3) is 0 Å². The third-order valence-electron chi connectivity index (χ3n) is 4.46. The number of halogens is 3. The van der Waals surface area contributed by atoms with Gasteiger partial charge in [0, 0.05) is 24.7 Å². The summed E-state index contributed by atoms with van der Waals surface area (Å²) < 4.78 is 27.5. The van der Waals surface area contributed by atoms with Gasteiger partial charge in [-0.3, -0.25) is 4.79 Å². The summed E-state index contributed by atoms with van der Waals surface area (Å²) in [6.07, 6.45) is 2.01. The van der Waals surface area contributed by atoms with Gasteiger partial charge in [-0.1, -0.05) is 11.6 Å². The molecular formula is C15H17ClF2N2O. The van der Waals surface area contributed by atoms with Gasteiger partial charge in [0.2, 0.25) is 5.91 Å². The molecule has 1 aliphatic carbocycles. The average molecular weight is 315 g/mol. The molecule has 0 radical (unpaired) electrons. The molecule has 0 aromatic heterocycles. The van der Waals surface area contributed by atoms with Crippen LogP contribution in [0.3, 0.4) is 0 Å². The third kappa shape index (κ3) is 2.90. The van der Waals surface area contributed by atoms with E-state index in [0.29, 0.717) is 24.9 Å². The van der Waals surface area contributed by atoms with E-state index in [1.54, 1.807) is 4.90 Å². The molecule has 114 valence electrons. The molecule has 0 bridgehead atoms. The molecule has 1 aliphatic heterocycles. The van der Waals surface area contributed by atoms with Gasteiger partial charge < -0.3 is 10.6 Å². The predicted molar refractivity (Wildman–Crippen MR) is 75.8 cm³/mol. The van der Waals surface area contributed by atoms with E-state index in [2.05, 4.69) is 0 Å². The van der Waals surface area contributed by atoms with Crippen molar-refractivity contribution in [3.05, 3.63) is 34.4 Å². The summed E-state index contributed by atoms with van der Waals surface area (Å²) in [7, 11) is 0. The lowest BCUT2D eigenvalue weighted by atomic mass is 9.99. The van der Waals surface area contributed by atoms with Gasteiger partial charge in [-0.05, 0) is 36.8 Å². The lowest BCUT2D eigenvalue weighted by Gasteiger charge is -2.17. The van der Waals surface area contributed by atoms with Gasteiger partial charge in [-0.2, -0.15) is 0 Å². The molecule has 6 heteroatoms. The Bertz CT molecular complexity index is 577. The molecule has 3 nitrogen and oxygen atoms in total. The lowest BCUT2D eigenvalue weighted by molar-refractivity contribution is -0.129. The third-order valence-corrected chi connectivity index (χ3v) is 4.75. The number of carbonyl (C=O) groups excluding carboxylic acids is 1. The van der Waals surface area contributed by atoms with E-state index in [0.717, 1.165) is 25.0 Å². The summed E-state index contributed by atoms with van der Waals surface area (Å²) in [6, 6.07) is 2.20. The fourth-order valence-corrected chi connectivity index (χ4v) is 3.25. The zero-order valence-corrected chi connectivity index (χ0v) is 12.2. The van der Waals surface area contributed by atoms with E-state index in [1.807, 2.05) is 0 Å².